The first-order valence-corrected chi connectivity index (χ1v) is 8.40. The van der Waals surface area contributed by atoms with Crippen LogP contribution in [0.3, 0.4) is 0 Å². The Morgan fingerprint density at radius 2 is 2.00 bits per heavy atom. The zero-order chi connectivity index (χ0) is 16.2. The summed E-state index contributed by atoms with van der Waals surface area (Å²) < 4.78 is 7.88. The molecular weight excluding hydrogens is 290 g/mol. The van der Waals surface area contributed by atoms with Gasteiger partial charge in [0, 0.05) is 31.4 Å². The van der Waals surface area contributed by atoms with E-state index in [1.165, 1.54) is 24.9 Å². The molecule has 6 heteroatoms. The molecule has 1 aliphatic rings. The summed E-state index contributed by atoms with van der Waals surface area (Å²) in [5, 5.41) is 8.29. The first-order valence-electron chi connectivity index (χ1n) is 8.40. The number of nitrogens with two attached hydrogens (primary N) is 1. The van der Waals surface area contributed by atoms with Crippen molar-refractivity contribution in [2.24, 2.45) is 5.73 Å². The molecule has 1 atom stereocenters. The maximum atomic E-state index is 5.97. The molecule has 1 aromatic heterocycles. The van der Waals surface area contributed by atoms with Gasteiger partial charge in [0.2, 0.25) is 0 Å². The van der Waals surface area contributed by atoms with Crippen LogP contribution in [0.25, 0.3) is 0 Å². The van der Waals surface area contributed by atoms with Gasteiger partial charge in [-0.3, -0.25) is 4.57 Å². The van der Waals surface area contributed by atoms with Gasteiger partial charge < -0.3 is 15.4 Å². The molecular formula is C17H25N5O. The zero-order valence-electron chi connectivity index (χ0n) is 13.9. The smallest absolute Gasteiger partial charge is 0.322 e. The van der Waals surface area contributed by atoms with Gasteiger partial charge in [0.05, 0.1) is 6.04 Å². The van der Waals surface area contributed by atoms with Crippen LogP contribution in [0.4, 0.5) is 5.69 Å². The lowest BCUT2D eigenvalue weighted by atomic mass is 10.1. The van der Waals surface area contributed by atoms with E-state index in [4.69, 9.17) is 10.5 Å². The molecule has 124 valence electrons. The largest absolute Gasteiger partial charge is 0.424 e. The monoisotopic (exact) mass is 315 g/mol. The van der Waals surface area contributed by atoms with E-state index in [2.05, 4.69) is 27.2 Å². The normalized spacial score (nSPS) is 16.4. The Labute approximate surface area is 137 Å². The van der Waals surface area contributed by atoms with Crippen molar-refractivity contribution in [3.63, 3.8) is 0 Å². The van der Waals surface area contributed by atoms with Crippen LogP contribution in [-0.4, -0.2) is 27.9 Å². The number of piperidine rings is 1. The molecule has 23 heavy (non-hydrogen) atoms. The van der Waals surface area contributed by atoms with E-state index in [-0.39, 0.29) is 6.04 Å². The van der Waals surface area contributed by atoms with Crippen LogP contribution in [0.2, 0.25) is 0 Å². The number of rotatable bonds is 5. The molecule has 6 nitrogen and oxygen atoms in total. The van der Waals surface area contributed by atoms with E-state index in [1.54, 1.807) is 0 Å². The van der Waals surface area contributed by atoms with Gasteiger partial charge in [-0.2, -0.15) is 0 Å². The SMILES string of the molecule is CCn1c(Oc2cccc(N3CCCCC3)c2)nnc1[C@@H](C)N. The quantitative estimate of drug-likeness (QED) is 0.918. The molecule has 0 radical (unpaired) electrons. The summed E-state index contributed by atoms with van der Waals surface area (Å²) in [6.45, 7) is 6.89. The Balaban J connectivity index is 1.80. The van der Waals surface area contributed by atoms with Gasteiger partial charge in [-0.15, -0.1) is 5.10 Å². The van der Waals surface area contributed by atoms with E-state index in [0.717, 1.165) is 31.2 Å². The fraction of sp³-hybridized carbons (Fsp3) is 0.529. The maximum Gasteiger partial charge on any atom is 0.322 e. The van der Waals surface area contributed by atoms with Crippen LogP contribution in [-0.2, 0) is 6.54 Å². The van der Waals surface area contributed by atoms with Gasteiger partial charge >= 0.3 is 6.01 Å². The number of nitrogens with zero attached hydrogens (tertiary/aromatic N) is 4. The van der Waals surface area contributed by atoms with Gasteiger partial charge in [0.25, 0.3) is 0 Å². The van der Waals surface area contributed by atoms with Crippen LogP contribution in [0.1, 0.15) is 45.0 Å². The van der Waals surface area contributed by atoms with E-state index in [9.17, 15) is 0 Å². The van der Waals surface area contributed by atoms with Crippen molar-refractivity contribution >= 4 is 5.69 Å². The van der Waals surface area contributed by atoms with Crippen molar-refractivity contribution in [1.82, 2.24) is 14.8 Å². The second-order valence-electron chi connectivity index (χ2n) is 6.02. The first-order chi connectivity index (χ1) is 11.2. The van der Waals surface area contributed by atoms with Crippen LogP contribution < -0.4 is 15.4 Å². The average Bonchev–Trinajstić information content (AvgIpc) is 2.99. The molecule has 0 bridgehead atoms. The standard InChI is InChI=1S/C17H25N5O/c1-3-22-16(13(2)18)19-20-17(22)23-15-9-7-8-14(12-15)21-10-5-4-6-11-21/h7-9,12-13H,3-6,10-11,18H2,1-2H3/t13-/m1/s1. The molecule has 1 fully saturated rings. The van der Waals surface area contributed by atoms with Crippen LogP contribution in [0.15, 0.2) is 24.3 Å². The van der Waals surface area contributed by atoms with Gasteiger partial charge in [-0.1, -0.05) is 11.2 Å². The Bertz CT molecular complexity index is 646. The van der Waals surface area contributed by atoms with Crippen molar-refractivity contribution in [2.45, 2.75) is 45.7 Å². The molecule has 0 unspecified atom stereocenters. The predicted molar refractivity (Wildman–Crippen MR) is 90.9 cm³/mol. The summed E-state index contributed by atoms with van der Waals surface area (Å²) in [4.78, 5) is 2.41. The highest BCUT2D eigenvalue weighted by molar-refractivity contribution is 5.51. The van der Waals surface area contributed by atoms with Gasteiger partial charge in [0.15, 0.2) is 5.82 Å². The van der Waals surface area contributed by atoms with Gasteiger partial charge in [-0.25, -0.2) is 0 Å². The van der Waals surface area contributed by atoms with E-state index in [1.807, 2.05) is 30.5 Å². The lowest BCUT2D eigenvalue weighted by molar-refractivity contribution is 0.409. The molecule has 0 spiro atoms. The second kappa shape index (κ2) is 7.00. The number of anilines is 1. The lowest BCUT2D eigenvalue weighted by Crippen LogP contribution is -2.29. The fourth-order valence-electron chi connectivity index (χ4n) is 3.01. The number of ether oxygens (including phenoxy) is 1. The maximum absolute atomic E-state index is 5.97. The minimum Gasteiger partial charge on any atom is -0.424 e. The van der Waals surface area contributed by atoms with E-state index in [0.29, 0.717) is 6.01 Å². The molecule has 1 saturated heterocycles. The molecule has 0 saturated carbocycles. The van der Waals surface area contributed by atoms with E-state index < -0.39 is 0 Å². The fourth-order valence-corrected chi connectivity index (χ4v) is 3.01. The minimum atomic E-state index is -0.167. The summed E-state index contributed by atoms with van der Waals surface area (Å²) in [5.41, 5.74) is 7.14. The molecule has 2 heterocycles. The average molecular weight is 315 g/mol. The van der Waals surface area contributed by atoms with Crippen molar-refractivity contribution < 1.29 is 4.74 Å². The first kappa shape index (κ1) is 15.8. The number of hydrogen-bond donors (Lipinski definition) is 1. The summed E-state index contributed by atoms with van der Waals surface area (Å²) in [6, 6.07) is 8.52. The van der Waals surface area contributed by atoms with Crippen molar-refractivity contribution in [1.29, 1.82) is 0 Å². The van der Waals surface area contributed by atoms with Gasteiger partial charge in [-0.05, 0) is 45.2 Å². The van der Waals surface area contributed by atoms with Crippen molar-refractivity contribution in [3.05, 3.63) is 30.1 Å². The number of benzene rings is 1. The van der Waals surface area contributed by atoms with Crippen molar-refractivity contribution in [2.75, 3.05) is 18.0 Å². The summed E-state index contributed by atoms with van der Waals surface area (Å²) in [7, 11) is 0. The molecule has 1 aromatic carbocycles. The minimum absolute atomic E-state index is 0.167. The highest BCUT2D eigenvalue weighted by Gasteiger charge is 2.16. The van der Waals surface area contributed by atoms with Crippen LogP contribution in [0.5, 0.6) is 11.8 Å². The zero-order valence-corrected chi connectivity index (χ0v) is 13.9. The Morgan fingerprint density at radius 3 is 2.70 bits per heavy atom. The summed E-state index contributed by atoms with van der Waals surface area (Å²) in [5.74, 6) is 1.53. The van der Waals surface area contributed by atoms with E-state index >= 15 is 0 Å². The van der Waals surface area contributed by atoms with Crippen LogP contribution in [0, 0.1) is 0 Å². The topological polar surface area (TPSA) is 69.2 Å². The Hall–Kier alpha value is -2.08. The predicted octanol–water partition coefficient (Wildman–Crippen LogP) is 3.10. The number of hydrogen-bond acceptors (Lipinski definition) is 5. The molecule has 0 amide bonds. The van der Waals surface area contributed by atoms with Crippen molar-refractivity contribution in [3.8, 4) is 11.8 Å². The molecule has 2 aromatic rings. The summed E-state index contributed by atoms with van der Waals surface area (Å²) >= 11 is 0. The molecule has 0 aliphatic carbocycles. The lowest BCUT2D eigenvalue weighted by Gasteiger charge is -2.29. The summed E-state index contributed by atoms with van der Waals surface area (Å²) in [6.07, 6.45) is 3.84. The highest BCUT2D eigenvalue weighted by Crippen LogP contribution is 2.27. The number of aromatic nitrogens is 3. The Morgan fingerprint density at radius 1 is 1.22 bits per heavy atom. The second-order valence-corrected chi connectivity index (χ2v) is 6.02. The Kier molecular flexibility index (Phi) is 4.81. The third-order valence-electron chi connectivity index (χ3n) is 4.22. The van der Waals surface area contributed by atoms with Gasteiger partial charge in [0.1, 0.15) is 5.75 Å². The third-order valence-corrected chi connectivity index (χ3v) is 4.22. The molecule has 2 N–H and O–H groups in total. The highest BCUT2D eigenvalue weighted by atomic mass is 16.5. The molecule has 3 rings (SSSR count). The molecule has 1 aliphatic heterocycles. The van der Waals surface area contributed by atoms with Crippen LogP contribution >= 0.6 is 0 Å². The third kappa shape index (κ3) is 3.47.